The minimum Gasteiger partial charge on any atom is -0.321 e. The summed E-state index contributed by atoms with van der Waals surface area (Å²) in [6.07, 6.45) is 2.52. The quantitative estimate of drug-likeness (QED) is 0.913. The SMILES string of the molecule is Cc1ccc(C2CC(c3ccccc3)=CC(=O)C2N)cc1. The van der Waals surface area contributed by atoms with Gasteiger partial charge in [0.2, 0.25) is 0 Å². The van der Waals surface area contributed by atoms with Crippen molar-refractivity contribution < 1.29 is 4.79 Å². The second kappa shape index (κ2) is 5.66. The van der Waals surface area contributed by atoms with Crippen LogP contribution in [-0.2, 0) is 4.79 Å². The highest BCUT2D eigenvalue weighted by atomic mass is 16.1. The van der Waals surface area contributed by atoms with Crippen LogP contribution in [0.5, 0.6) is 0 Å². The molecular formula is C19H19NO. The molecule has 2 heteroatoms. The Labute approximate surface area is 125 Å². The maximum absolute atomic E-state index is 12.2. The van der Waals surface area contributed by atoms with Gasteiger partial charge in [0.25, 0.3) is 0 Å². The number of nitrogens with two attached hydrogens (primary N) is 1. The number of carbonyl (C=O) groups is 1. The Morgan fingerprint density at radius 2 is 1.67 bits per heavy atom. The molecule has 1 aliphatic carbocycles. The van der Waals surface area contributed by atoms with E-state index in [1.54, 1.807) is 6.08 Å². The van der Waals surface area contributed by atoms with Gasteiger partial charge in [0.15, 0.2) is 5.78 Å². The van der Waals surface area contributed by atoms with Crippen LogP contribution in [0, 0.1) is 6.92 Å². The summed E-state index contributed by atoms with van der Waals surface area (Å²) < 4.78 is 0. The number of carbonyl (C=O) groups excluding carboxylic acids is 1. The second-order valence-corrected chi connectivity index (χ2v) is 5.69. The number of benzene rings is 2. The molecular weight excluding hydrogens is 258 g/mol. The maximum Gasteiger partial charge on any atom is 0.173 e. The molecule has 21 heavy (non-hydrogen) atoms. The Morgan fingerprint density at radius 3 is 2.33 bits per heavy atom. The Bertz CT molecular complexity index is 670. The standard InChI is InChI=1S/C19H19NO/c1-13-7-9-15(10-8-13)17-11-16(12-18(21)19(17)20)14-5-3-2-4-6-14/h2-10,12,17,19H,11,20H2,1H3. The molecule has 2 nitrogen and oxygen atoms in total. The van der Waals surface area contributed by atoms with Gasteiger partial charge >= 0.3 is 0 Å². The number of rotatable bonds is 2. The molecule has 0 saturated heterocycles. The van der Waals surface area contributed by atoms with Gasteiger partial charge in [-0.3, -0.25) is 4.79 Å². The van der Waals surface area contributed by atoms with Crippen LogP contribution in [0.1, 0.15) is 29.0 Å². The summed E-state index contributed by atoms with van der Waals surface area (Å²) in [5, 5.41) is 0. The molecule has 0 spiro atoms. The smallest absolute Gasteiger partial charge is 0.173 e. The topological polar surface area (TPSA) is 43.1 Å². The number of hydrogen-bond acceptors (Lipinski definition) is 2. The first-order valence-corrected chi connectivity index (χ1v) is 7.27. The summed E-state index contributed by atoms with van der Waals surface area (Å²) in [6.45, 7) is 2.06. The molecule has 2 atom stereocenters. The van der Waals surface area contributed by atoms with Gasteiger partial charge in [-0.05, 0) is 36.1 Å². The summed E-state index contributed by atoms with van der Waals surface area (Å²) in [5.74, 6) is 0.0731. The van der Waals surface area contributed by atoms with Crippen LogP contribution in [-0.4, -0.2) is 11.8 Å². The molecule has 2 N–H and O–H groups in total. The lowest BCUT2D eigenvalue weighted by molar-refractivity contribution is -0.116. The van der Waals surface area contributed by atoms with E-state index in [9.17, 15) is 4.79 Å². The third-order valence-corrected chi connectivity index (χ3v) is 4.17. The van der Waals surface area contributed by atoms with Gasteiger partial charge in [0.1, 0.15) is 0 Å². The van der Waals surface area contributed by atoms with E-state index in [1.165, 1.54) is 5.56 Å². The Balaban J connectivity index is 1.95. The third kappa shape index (κ3) is 2.81. The van der Waals surface area contributed by atoms with E-state index in [2.05, 4.69) is 31.2 Å². The van der Waals surface area contributed by atoms with Crippen molar-refractivity contribution in [2.75, 3.05) is 0 Å². The summed E-state index contributed by atoms with van der Waals surface area (Å²) in [7, 11) is 0. The van der Waals surface area contributed by atoms with E-state index >= 15 is 0 Å². The second-order valence-electron chi connectivity index (χ2n) is 5.69. The fourth-order valence-electron chi connectivity index (χ4n) is 2.88. The molecule has 0 saturated carbocycles. The van der Waals surface area contributed by atoms with Crippen LogP contribution in [0.3, 0.4) is 0 Å². The molecule has 0 aliphatic heterocycles. The predicted octanol–water partition coefficient (Wildman–Crippen LogP) is 3.46. The monoisotopic (exact) mass is 277 g/mol. The predicted molar refractivity (Wildman–Crippen MR) is 85.9 cm³/mol. The molecule has 106 valence electrons. The number of aryl methyl sites for hydroxylation is 1. The molecule has 0 heterocycles. The van der Waals surface area contributed by atoms with E-state index in [-0.39, 0.29) is 11.7 Å². The van der Waals surface area contributed by atoms with Crippen LogP contribution in [0.2, 0.25) is 0 Å². The average molecular weight is 277 g/mol. The van der Waals surface area contributed by atoms with Gasteiger partial charge in [-0.25, -0.2) is 0 Å². The minimum absolute atomic E-state index is 0.0191. The van der Waals surface area contributed by atoms with E-state index < -0.39 is 6.04 Å². The molecule has 0 amide bonds. The molecule has 2 aromatic rings. The largest absolute Gasteiger partial charge is 0.321 e. The van der Waals surface area contributed by atoms with Crippen molar-refractivity contribution in [2.24, 2.45) is 5.73 Å². The van der Waals surface area contributed by atoms with E-state index in [1.807, 2.05) is 30.3 Å². The van der Waals surface area contributed by atoms with E-state index in [0.717, 1.165) is 23.1 Å². The Morgan fingerprint density at radius 1 is 1.00 bits per heavy atom. The number of allylic oxidation sites excluding steroid dienone is 1. The molecule has 2 unspecified atom stereocenters. The molecule has 0 radical (unpaired) electrons. The van der Waals surface area contributed by atoms with Crippen molar-refractivity contribution in [3.63, 3.8) is 0 Å². The maximum atomic E-state index is 12.2. The van der Waals surface area contributed by atoms with Crippen molar-refractivity contribution in [1.82, 2.24) is 0 Å². The molecule has 2 aromatic carbocycles. The lowest BCUT2D eigenvalue weighted by Gasteiger charge is -2.28. The van der Waals surface area contributed by atoms with Gasteiger partial charge in [-0.1, -0.05) is 60.2 Å². The zero-order valence-electron chi connectivity index (χ0n) is 12.1. The summed E-state index contributed by atoms with van der Waals surface area (Å²) in [6, 6.07) is 17.9. The van der Waals surface area contributed by atoms with Crippen LogP contribution in [0.25, 0.3) is 5.57 Å². The average Bonchev–Trinajstić information content (AvgIpc) is 2.52. The summed E-state index contributed by atoms with van der Waals surface area (Å²) in [5.41, 5.74) is 10.7. The first kappa shape index (κ1) is 13.8. The molecule has 0 bridgehead atoms. The highest BCUT2D eigenvalue weighted by molar-refractivity contribution is 6.02. The van der Waals surface area contributed by atoms with Crippen molar-refractivity contribution in [3.05, 3.63) is 77.4 Å². The molecule has 0 aromatic heterocycles. The van der Waals surface area contributed by atoms with E-state index in [0.29, 0.717) is 0 Å². The van der Waals surface area contributed by atoms with Crippen LogP contribution < -0.4 is 5.73 Å². The van der Waals surface area contributed by atoms with Gasteiger partial charge < -0.3 is 5.73 Å². The molecule has 1 aliphatic rings. The van der Waals surface area contributed by atoms with Gasteiger partial charge in [0, 0.05) is 5.92 Å². The Hall–Kier alpha value is -2.19. The number of hydrogen-bond donors (Lipinski definition) is 1. The van der Waals surface area contributed by atoms with Crippen LogP contribution in [0.4, 0.5) is 0 Å². The zero-order chi connectivity index (χ0) is 14.8. The van der Waals surface area contributed by atoms with Crippen molar-refractivity contribution in [2.45, 2.75) is 25.3 Å². The van der Waals surface area contributed by atoms with Crippen LogP contribution >= 0.6 is 0 Å². The molecule has 0 fully saturated rings. The first-order valence-electron chi connectivity index (χ1n) is 7.27. The van der Waals surface area contributed by atoms with Crippen molar-refractivity contribution in [1.29, 1.82) is 0 Å². The Kier molecular flexibility index (Phi) is 3.72. The fourth-order valence-corrected chi connectivity index (χ4v) is 2.88. The first-order chi connectivity index (χ1) is 10.1. The summed E-state index contributed by atoms with van der Waals surface area (Å²) in [4.78, 5) is 12.2. The fraction of sp³-hybridized carbons (Fsp3) is 0.211. The van der Waals surface area contributed by atoms with Crippen LogP contribution in [0.15, 0.2) is 60.7 Å². The molecule has 3 rings (SSSR count). The van der Waals surface area contributed by atoms with Gasteiger partial charge in [-0.15, -0.1) is 0 Å². The summed E-state index contributed by atoms with van der Waals surface area (Å²) >= 11 is 0. The normalized spacial score (nSPS) is 22.0. The van der Waals surface area contributed by atoms with Gasteiger partial charge in [0.05, 0.1) is 6.04 Å². The minimum atomic E-state index is -0.444. The van der Waals surface area contributed by atoms with Gasteiger partial charge in [-0.2, -0.15) is 0 Å². The van der Waals surface area contributed by atoms with Crippen molar-refractivity contribution in [3.8, 4) is 0 Å². The lowest BCUT2D eigenvalue weighted by atomic mass is 9.78. The van der Waals surface area contributed by atoms with Crippen molar-refractivity contribution >= 4 is 11.4 Å². The highest BCUT2D eigenvalue weighted by Gasteiger charge is 2.30. The third-order valence-electron chi connectivity index (χ3n) is 4.17. The highest BCUT2D eigenvalue weighted by Crippen LogP contribution is 2.35. The number of ketones is 1. The lowest BCUT2D eigenvalue weighted by Crippen LogP contribution is -2.38. The zero-order valence-corrected chi connectivity index (χ0v) is 12.1. The van der Waals surface area contributed by atoms with E-state index in [4.69, 9.17) is 5.73 Å².